The van der Waals surface area contributed by atoms with Crippen molar-refractivity contribution in [1.29, 1.82) is 0 Å². The Morgan fingerprint density at radius 2 is 1.96 bits per heavy atom. The van der Waals surface area contributed by atoms with E-state index in [9.17, 15) is 4.79 Å². The molecule has 0 radical (unpaired) electrons. The fourth-order valence-corrected chi connectivity index (χ4v) is 2.83. The number of hydrogen-bond acceptors (Lipinski definition) is 4. The summed E-state index contributed by atoms with van der Waals surface area (Å²) in [4.78, 5) is 12.6. The molecule has 1 aliphatic rings. The average molecular weight is 327 g/mol. The smallest absolute Gasteiger partial charge is 0.252 e. The molecule has 1 amide bonds. The van der Waals surface area contributed by atoms with Crippen molar-refractivity contribution in [2.45, 2.75) is 19.9 Å². The van der Waals surface area contributed by atoms with E-state index in [2.05, 4.69) is 5.32 Å². The second kappa shape index (κ2) is 6.83. The minimum atomic E-state index is -0.180. The van der Waals surface area contributed by atoms with Crippen molar-refractivity contribution in [3.8, 4) is 17.2 Å². The first-order valence-electron chi connectivity index (χ1n) is 7.94. The predicted octanol–water partition coefficient (Wildman–Crippen LogP) is 3.27. The van der Waals surface area contributed by atoms with Crippen molar-refractivity contribution >= 4 is 5.91 Å². The number of nitrogens with one attached hydrogen (secondary N) is 1. The van der Waals surface area contributed by atoms with E-state index < -0.39 is 0 Å². The second-order valence-corrected chi connectivity index (χ2v) is 5.75. The Labute approximate surface area is 141 Å². The first-order chi connectivity index (χ1) is 11.6. The molecule has 126 valence electrons. The largest absolute Gasteiger partial charge is 0.493 e. The van der Waals surface area contributed by atoms with Crippen molar-refractivity contribution in [3.05, 3.63) is 53.1 Å². The van der Waals surface area contributed by atoms with Crippen LogP contribution in [0.25, 0.3) is 0 Å². The van der Waals surface area contributed by atoms with Gasteiger partial charge in [0.25, 0.3) is 5.91 Å². The Morgan fingerprint density at radius 3 is 2.71 bits per heavy atom. The van der Waals surface area contributed by atoms with Crippen molar-refractivity contribution in [1.82, 2.24) is 5.32 Å². The summed E-state index contributed by atoms with van der Waals surface area (Å²) in [5, 5.41) is 3.02. The summed E-state index contributed by atoms with van der Waals surface area (Å²) >= 11 is 0. The molecule has 1 atom stereocenters. The Morgan fingerprint density at radius 1 is 1.21 bits per heavy atom. The van der Waals surface area contributed by atoms with E-state index in [1.165, 1.54) is 0 Å². The predicted molar refractivity (Wildman–Crippen MR) is 91.0 cm³/mol. The molecular formula is C19H21NO4. The highest BCUT2D eigenvalue weighted by molar-refractivity contribution is 5.96. The fraction of sp³-hybridized carbons (Fsp3) is 0.316. The lowest BCUT2D eigenvalue weighted by Crippen LogP contribution is -2.27. The summed E-state index contributed by atoms with van der Waals surface area (Å²) in [6.45, 7) is 4.93. The summed E-state index contributed by atoms with van der Waals surface area (Å²) in [6.07, 6.45) is 0. The van der Waals surface area contributed by atoms with Gasteiger partial charge in [0.2, 0.25) is 5.75 Å². The van der Waals surface area contributed by atoms with Gasteiger partial charge in [0.1, 0.15) is 13.2 Å². The maximum atomic E-state index is 12.6. The summed E-state index contributed by atoms with van der Waals surface area (Å²) < 4.78 is 16.5. The standard InChI is InChI=1S/C19H21NO4/c1-12-6-4-5-7-15(12)13(2)20-19(21)14-10-16(22-3)18-17(11-14)23-8-9-24-18/h4-7,10-11,13H,8-9H2,1-3H3,(H,20,21). The first kappa shape index (κ1) is 16.2. The van der Waals surface area contributed by atoms with E-state index >= 15 is 0 Å². The van der Waals surface area contributed by atoms with E-state index in [1.54, 1.807) is 19.2 Å². The molecule has 2 aromatic rings. The number of carbonyl (C=O) groups excluding carboxylic acids is 1. The zero-order valence-corrected chi connectivity index (χ0v) is 14.1. The van der Waals surface area contributed by atoms with Crippen LogP contribution < -0.4 is 19.5 Å². The maximum Gasteiger partial charge on any atom is 0.252 e. The molecule has 1 heterocycles. The minimum Gasteiger partial charge on any atom is -0.493 e. The van der Waals surface area contributed by atoms with E-state index in [1.807, 2.05) is 38.1 Å². The Bertz CT molecular complexity index is 740. The van der Waals surface area contributed by atoms with E-state index in [0.29, 0.717) is 36.0 Å². The van der Waals surface area contributed by atoms with Gasteiger partial charge < -0.3 is 19.5 Å². The van der Waals surface area contributed by atoms with Gasteiger partial charge in [-0.25, -0.2) is 0 Å². The van der Waals surface area contributed by atoms with Crippen LogP contribution in [0.5, 0.6) is 17.2 Å². The zero-order valence-electron chi connectivity index (χ0n) is 14.1. The van der Waals surface area contributed by atoms with Gasteiger partial charge in [0.05, 0.1) is 13.2 Å². The quantitative estimate of drug-likeness (QED) is 0.936. The summed E-state index contributed by atoms with van der Waals surface area (Å²) in [5.41, 5.74) is 2.72. The van der Waals surface area contributed by atoms with E-state index in [-0.39, 0.29) is 11.9 Å². The normalized spacial score (nSPS) is 14.0. The monoisotopic (exact) mass is 327 g/mol. The van der Waals surface area contributed by atoms with Gasteiger partial charge >= 0.3 is 0 Å². The van der Waals surface area contributed by atoms with Gasteiger partial charge in [-0.2, -0.15) is 0 Å². The molecule has 0 fully saturated rings. The highest BCUT2D eigenvalue weighted by atomic mass is 16.6. The molecule has 0 bridgehead atoms. The molecule has 24 heavy (non-hydrogen) atoms. The molecule has 2 aromatic carbocycles. The Balaban J connectivity index is 1.84. The second-order valence-electron chi connectivity index (χ2n) is 5.75. The molecule has 0 aliphatic carbocycles. The average Bonchev–Trinajstić information content (AvgIpc) is 2.60. The number of rotatable bonds is 4. The van der Waals surface area contributed by atoms with E-state index in [0.717, 1.165) is 11.1 Å². The van der Waals surface area contributed by atoms with Crippen molar-refractivity contribution in [3.63, 3.8) is 0 Å². The van der Waals surface area contributed by atoms with Crippen LogP contribution in [0, 0.1) is 6.92 Å². The van der Waals surface area contributed by atoms with Gasteiger partial charge in [0.15, 0.2) is 11.5 Å². The van der Waals surface area contributed by atoms with Gasteiger partial charge in [-0.3, -0.25) is 4.79 Å². The topological polar surface area (TPSA) is 56.8 Å². The van der Waals surface area contributed by atoms with E-state index in [4.69, 9.17) is 14.2 Å². The highest BCUT2D eigenvalue weighted by Crippen LogP contribution is 2.40. The molecule has 1 aliphatic heterocycles. The first-order valence-corrected chi connectivity index (χ1v) is 7.94. The number of carbonyl (C=O) groups is 1. The number of ether oxygens (including phenoxy) is 3. The van der Waals surface area contributed by atoms with Crippen molar-refractivity contribution in [2.75, 3.05) is 20.3 Å². The van der Waals surface area contributed by atoms with Crippen molar-refractivity contribution < 1.29 is 19.0 Å². The Hall–Kier alpha value is -2.69. The zero-order chi connectivity index (χ0) is 17.1. The third-order valence-corrected chi connectivity index (χ3v) is 4.09. The summed E-state index contributed by atoms with van der Waals surface area (Å²) in [5.74, 6) is 1.41. The van der Waals surface area contributed by atoms with Gasteiger partial charge in [0, 0.05) is 5.56 Å². The van der Waals surface area contributed by atoms with Crippen LogP contribution in [0.4, 0.5) is 0 Å². The van der Waals surface area contributed by atoms with Crippen LogP contribution in [0.1, 0.15) is 34.5 Å². The molecule has 0 saturated heterocycles. The van der Waals surface area contributed by atoms with Crippen molar-refractivity contribution in [2.24, 2.45) is 0 Å². The highest BCUT2D eigenvalue weighted by Gasteiger charge is 2.22. The molecule has 3 rings (SSSR count). The third kappa shape index (κ3) is 3.15. The minimum absolute atomic E-state index is 0.0992. The Kier molecular flexibility index (Phi) is 4.60. The maximum absolute atomic E-state index is 12.6. The molecule has 1 N–H and O–H groups in total. The van der Waals surface area contributed by atoms with Crippen LogP contribution in [0.3, 0.4) is 0 Å². The number of amides is 1. The lowest BCUT2D eigenvalue weighted by Gasteiger charge is -2.22. The molecular weight excluding hydrogens is 306 g/mol. The SMILES string of the molecule is COc1cc(C(=O)NC(C)c2ccccc2C)cc2c1OCCO2. The lowest BCUT2D eigenvalue weighted by molar-refractivity contribution is 0.0938. The van der Waals surface area contributed by atoms with Gasteiger partial charge in [-0.15, -0.1) is 0 Å². The van der Waals surface area contributed by atoms with Crippen LogP contribution >= 0.6 is 0 Å². The number of fused-ring (bicyclic) bond motifs is 1. The molecule has 1 unspecified atom stereocenters. The van der Waals surface area contributed by atoms with Gasteiger partial charge in [-0.1, -0.05) is 24.3 Å². The molecule has 5 nitrogen and oxygen atoms in total. The number of methoxy groups -OCH3 is 1. The third-order valence-electron chi connectivity index (χ3n) is 4.09. The molecule has 5 heteroatoms. The number of aryl methyl sites for hydroxylation is 1. The molecule has 0 saturated carbocycles. The summed E-state index contributed by atoms with van der Waals surface area (Å²) in [7, 11) is 1.55. The number of benzene rings is 2. The summed E-state index contributed by atoms with van der Waals surface area (Å²) in [6, 6.07) is 11.3. The van der Waals surface area contributed by atoms with Crippen LogP contribution in [-0.4, -0.2) is 26.2 Å². The molecule has 0 aromatic heterocycles. The van der Waals surface area contributed by atoms with Crippen LogP contribution in [-0.2, 0) is 0 Å². The van der Waals surface area contributed by atoms with Crippen LogP contribution in [0.15, 0.2) is 36.4 Å². The van der Waals surface area contributed by atoms with Gasteiger partial charge in [-0.05, 0) is 37.1 Å². The lowest BCUT2D eigenvalue weighted by atomic mass is 10.0. The number of hydrogen-bond donors (Lipinski definition) is 1. The van der Waals surface area contributed by atoms with Crippen LogP contribution in [0.2, 0.25) is 0 Å². The molecule has 0 spiro atoms. The fourth-order valence-electron chi connectivity index (χ4n) is 2.83.